The molecule has 27 heavy (non-hydrogen) atoms. The summed E-state index contributed by atoms with van der Waals surface area (Å²) in [4.78, 5) is 31.3. The smallest absolute Gasteiger partial charge is 0.323 e. The van der Waals surface area contributed by atoms with Gasteiger partial charge in [-0.25, -0.2) is 9.97 Å². The molecule has 0 aliphatic carbocycles. The third-order valence-electron chi connectivity index (χ3n) is 4.62. The normalized spacial score (nSPS) is 13.3. The first-order valence-corrected chi connectivity index (χ1v) is 8.72. The lowest BCUT2D eigenvalue weighted by atomic mass is 9.90. The van der Waals surface area contributed by atoms with Gasteiger partial charge >= 0.3 is 5.97 Å². The third-order valence-corrected chi connectivity index (χ3v) is 4.62. The van der Waals surface area contributed by atoms with Crippen LogP contribution in [0, 0.1) is 5.92 Å². The van der Waals surface area contributed by atoms with Crippen molar-refractivity contribution in [3.05, 3.63) is 70.7 Å². The summed E-state index contributed by atoms with van der Waals surface area (Å²) in [7, 11) is 0. The molecule has 2 heterocycles. The van der Waals surface area contributed by atoms with Crippen molar-refractivity contribution in [1.82, 2.24) is 14.5 Å². The van der Waals surface area contributed by atoms with Crippen molar-refractivity contribution in [3.63, 3.8) is 0 Å². The summed E-state index contributed by atoms with van der Waals surface area (Å²) in [6.07, 6.45) is 3.60. The molecule has 7 heteroatoms. The van der Waals surface area contributed by atoms with Crippen molar-refractivity contribution in [1.29, 1.82) is 0 Å². The summed E-state index contributed by atoms with van der Waals surface area (Å²) in [5.41, 5.74) is 1.18. The van der Waals surface area contributed by atoms with Crippen molar-refractivity contribution >= 4 is 5.97 Å². The van der Waals surface area contributed by atoms with Crippen LogP contribution in [-0.2, 0) is 17.8 Å². The highest BCUT2D eigenvalue weighted by molar-refractivity contribution is 5.66. The Hall–Kier alpha value is -3.22. The lowest BCUT2D eigenvalue weighted by molar-refractivity contribution is -0.137. The number of aliphatic carboxylic acids is 1. The third kappa shape index (κ3) is 4.49. The average Bonchev–Trinajstić information content (AvgIpc) is 3.14. The SMILES string of the molecule is CC(Cc1cc(=O)n(CC(=O)O)cn1)C(C)c1cnc(-c2ccccc2)o1. The molecule has 0 amide bonds. The van der Waals surface area contributed by atoms with Crippen molar-refractivity contribution < 1.29 is 14.3 Å². The van der Waals surface area contributed by atoms with E-state index in [1.54, 1.807) is 6.20 Å². The van der Waals surface area contributed by atoms with Crippen LogP contribution in [0.1, 0.15) is 31.2 Å². The second-order valence-corrected chi connectivity index (χ2v) is 6.64. The van der Waals surface area contributed by atoms with E-state index in [4.69, 9.17) is 9.52 Å². The molecule has 0 bridgehead atoms. The van der Waals surface area contributed by atoms with Gasteiger partial charge in [-0.1, -0.05) is 32.0 Å². The van der Waals surface area contributed by atoms with Gasteiger partial charge in [-0.2, -0.15) is 0 Å². The van der Waals surface area contributed by atoms with E-state index < -0.39 is 12.5 Å². The number of hydrogen-bond acceptors (Lipinski definition) is 5. The maximum Gasteiger partial charge on any atom is 0.323 e. The molecule has 0 fully saturated rings. The number of nitrogens with zero attached hydrogens (tertiary/aromatic N) is 3. The zero-order valence-electron chi connectivity index (χ0n) is 15.2. The Morgan fingerprint density at radius 2 is 1.96 bits per heavy atom. The van der Waals surface area contributed by atoms with Crippen molar-refractivity contribution in [2.45, 2.75) is 32.7 Å². The molecule has 3 aromatic rings. The van der Waals surface area contributed by atoms with Gasteiger partial charge in [0.2, 0.25) is 5.89 Å². The molecule has 1 aromatic carbocycles. The van der Waals surface area contributed by atoms with Gasteiger partial charge in [-0.05, 0) is 24.5 Å². The summed E-state index contributed by atoms with van der Waals surface area (Å²) in [5, 5.41) is 8.79. The zero-order chi connectivity index (χ0) is 19.4. The molecule has 0 radical (unpaired) electrons. The fourth-order valence-corrected chi connectivity index (χ4v) is 2.84. The van der Waals surface area contributed by atoms with Crippen LogP contribution in [0.15, 0.2) is 58.1 Å². The fraction of sp³-hybridized carbons (Fsp3) is 0.300. The van der Waals surface area contributed by atoms with Crippen LogP contribution >= 0.6 is 0 Å². The molecular weight excluding hydrogens is 346 g/mol. The second kappa shape index (κ2) is 7.99. The number of hydrogen-bond donors (Lipinski definition) is 1. The summed E-state index contributed by atoms with van der Waals surface area (Å²) in [6.45, 7) is 3.71. The van der Waals surface area contributed by atoms with Crippen molar-refractivity contribution in [2.24, 2.45) is 5.92 Å². The molecule has 2 aromatic heterocycles. The van der Waals surface area contributed by atoms with Gasteiger partial charge < -0.3 is 9.52 Å². The molecule has 3 rings (SSSR count). The lowest BCUT2D eigenvalue weighted by Gasteiger charge is -2.17. The molecular formula is C20H21N3O4. The highest BCUT2D eigenvalue weighted by Gasteiger charge is 2.20. The Balaban J connectivity index is 1.70. The van der Waals surface area contributed by atoms with Crippen LogP contribution in [-0.4, -0.2) is 25.6 Å². The van der Waals surface area contributed by atoms with E-state index in [1.807, 2.05) is 37.3 Å². The Bertz CT molecular complexity index is 978. The number of carboxylic acids is 1. The fourth-order valence-electron chi connectivity index (χ4n) is 2.84. The number of carbonyl (C=O) groups is 1. The van der Waals surface area contributed by atoms with Crippen LogP contribution in [0.25, 0.3) is 11.5 Å². The second-order valence-electron chi connectivity index (χ2n) is 6.64. The van der Waals surface area contributed by atoms with Crippen molar-refractivity contribution in [3.8, 4) is 11.5 Å². The van der Waals surface area contributed by atoms with Gasteiger partial charge in [-0.15, -0.1) is 0 Å². The first kappa shape index (κ1) is 18.6. The molecule has 7 nitrogen and oxygen atoms in total. The summed E-state index contributed by atoms with van der Waals surface area (Å²) < 4.78 is 6.99. The summed E-state index contributed by atoms with van der Waals surface area (Å²) in [5.74, 6) is 0.523. The maximum absolute atomic E-state index is 12.0. The van der Waals surface area contributed by atoms with E-state index >= 15 is 0 Å². The molecule has 0 saturated carbocycles. The highest BCUT2D eigenvalue weighted by atomic mass is 16.4. The minimum absolute atomic E-state index is 0.0817. The van der Waals surface area contributed by atoms with E-state index in [1.165, 1.54) is 12.4 Å². The Labute approximate surface area is 156 Å². The maximum atomic E-state index is 12.0. The number of carboxylic acid groups (broad SMARTS) is 1. The number of rotatable bonds is 7. The molecule has 0 saturated heterocycles. The lowest BCUT2D eigenvalue weighted by Crippen LogP contribution is -2.25. The molecule has 140 valence electrons. The first-order chi connectivity index (χ1) is 12.9. The average molecular weight is 367 g/mol. The molecule has 1 N–H and O–H groups in total. The van der Waals surface area contributed by atoms with Gasteiger partial charge in [0, 0.05) is 23.2 Å². The largest absolute Gasteiger partial charge is 0.480 e. The molecule has 2 unspecified atom stereocenters. The summed E-state index contributed by atoms with van der Waals surface area (Å²) in [6, 6.07) is 11.1. The summed E-state index contributed by atoms with van der Waals surface area (Å²) >= 11 is 0. The van der Waals surface area contributed by atoms with Gasteiger partial charge in [0.15, 0.2) is 0 Å². The predicted molar refractivity (Wildman–Crippen MR) is 99.4 cm³/mol. The molecule has 2 atom stereocenters. The van der Waals surface area contributed by atoms with Gasteiger partial charge in [0.05, 0.1) is 12.5 Å². The van der Waals surface area contributed by atoms with Gasteiger partial charge in [0.1, 0.15) is 12.3 Å². The van der Waals surface area contributed by atoms with Crippen LogP contribution < -0.4 is 5.56 Å². The molecule has 0 aliphatic heterocycles. The topological polar surface area (TPSA) is 98.2 Å². The number of benzene rings is 1. The minimum atomic E-state index is -1.08. The van der Waals surface area contributed by atoms with Crippen LogP contribution in [0.4, 0.5) is 0 Å². The van der Waals surface area contributed by atoms with E-state index in [2.05, 4.69) is 16.9 Å². The first-order valence-electron chi connectivity index (χ1n) is 8.72. The Kier molecular flexibility index (Phi) is 5.49. The zero-order valence-corrected chi connectivity index (χ0v) is 15.2. The number of aromatic nitrogens is 3. The highest BCUT2D eigenvalue weighted by Crippen LogP contribution is 2.29. The van der Waals surface area contributed by atoms with Crippen LogP contribution in [0.2, 0.25) is 0 Å². The van der Waals surface area contributed by atoms with E-state index in [9.17, 15) is 9.59 Å². The van der Waals surface area contributed by atoms with Crippen LogP contribution in [0.5, 0.6) is 0 Å². The minimum Gasteiger partial charge on any atom is -0.480 e. The molecule has 0 aliphatic rings. The van der Waals surface area contributed by atoms with Crippen molar-refractivity contribution in [2.75, 3.05) is 0 Å². The van der Waals surface area contributed by atoms with Gasteiger partial charge in [0.25, 0.3) is 5.56 Å². The van der Waals surface area contributed by atoms with Gasteiger partial charge in [-0.3, -0.25) is 14.2 Å². The standard InChI is InChI=1S/C20H21N3O4/c1-13(8-16-9-18(24)23(12-22-16)11-19(25)26)14(2)17-10-21-20(27-17)15-6-4-3-5-7-15/h3-7,9-10,12-14H,8,11H2,1-2H3,(H,25,26). The molecule has 0 spiro atoms. The van der Waals surface area contributed by atoms with Crippen LogP contribution in [0.3, 0.4) is 0 Å². The predicted octanol–water partition coefficient (Wildman–Crippen LogP) is 2.97. The van der Waals surface area contributed by atoms with E-state index in [-0.39, 0.29) is 17.4 Å². The van der Waals surface area contributed by atoms with E-state index in [0.29, 0.717) is 18.0 Å². The number of oxazole rings is 1. The monoisotopic (exact) mass is 367 g/mol. The Morgan fingerprint density at radius 1 is 1.22 bits per heavy atom. The quantitative estimate of drug-likeness (QED) is 0.689. The van der Waals surface area contributed by atoms with E-state index in [0.717, 1.165) is 15.9 Å². The Morgan fingerprint density at radius 3 is 2.63 bits per heavy atom.